The summed E-state index contributed by atoms with van der Waals surface area (Å²) in [5.41, 5.74) is 0. The Morgan fingerprint density at radius 1 is 0.341 bits per heavy atom. The molecule has 0 aliphatic heterocycles. The number of quaternary nitrogens is 1. The highest BCUT2D eigenvalue weighted by Gasteiger charge is 2.22. The van der Waals surface area contributed by atoms with Crippen LogP contribution in [-0.4, -0.2) is 82.3 Å². The Hall–Kier alpha value is -3.53. The SMILES string of the molecule is CC/C=C\C/C=C\C/C=C\C/C=C\CCCCCCCCCCCCCCCCC(=O)OC(COC(=O)CCCCCCCCCCCCCCCCCCCCCCCCCC/C=C\C/C=C\C/C=C\CCCCCCC)COC(OCC[N+](C)(C)C)C(=O)[O-]. The van der Waals surface area contributed by atoms with Gasteiger partial charge in [-0.15, -0.1) is 0 Å². The molecule has 0 spiro atoms. The number of unbranched alkanes of at least 4 members (excludes halogenated alkanes) is 43. The molecule has 9 heteroatoms. The summed E-state index contributed by atoms with van der Waals surface area (Å²) in [4.78, 5) is 37.6. The third-order valence-electron chi connectivity index (χ3n) is 17.1. The maximum Gasteiger partial charge on any atom is 0.306 e. The molecule has 0 saturated heterocycles. The molecule has 0 saturated carbocycles. The Labute approximate surface area is 563 Å². The van der Waals surface area contributed by atoms with Crippen molar-refractivity contribution in [2.75, 3.05) is 47.5 Å². The summed E-state index contributed by atoms with van der Waals surface area (Å²) in [6.07, 6.45) is 95.6. The van der Waals surface area contributed by atoms with Gasteiger partial charge < -0.3 is 33.3 Å². The Morgan fingerprint density at radius 2 is 0.626 bits per heavy atom. The lowest BCUT2D eigenvalue weighted by Gasteiger charge is -2.26. The topological polar surface area (TPSA) is 111 Å². The quantitative estimate of drug-likeness (QED) is 0.0195. The first-order valence-corrected chi connectivity index (χ1v) is 38.7. The van der Waals surface area contributed by atoms with E-state index < -0.39 is 24.3 Å². The van der Waals surface area contributed by atoms with Gasteiger partial charge >= 0.3 is 11.9 Å². The van der Waals surface area contributed by atoms with Crippen LogP contribution in [0.5, 0.6) is 0 Å². The molecule has 0 aromatic heterocycles. The van der Waals surface area contributed by atoms with Gasteiger partial charge in [0.2, 0.25) is 0 Å². The molecule has 0 bridgehead atoms. The molecular formula is C82H147NO8. The molecule has 528 valence electrons. The summed E-state index contributed by atoms with van der Waals surface area (Å²) >= 11 is 0. The number of esters is 2. The fourth-order valence-electron chi connectivity index (χ4n) is 11.2. The van der Waals surface area contributed by atoms with E-state index in [2.05, 4.69) is 98.9 Å². The predicted molar refractivity (Wildman–Crippen MR) is 389 cm³/mol. The molecule has 0 heterocycles. The van der Waals surface area contributed by atoms with E-state index in [9.17, 15) is 19.5 Å². The molecule has 0 aromatic rings. The highest BCUT2D eigenvalue weighted by atomic mass is 16.7. The number of carbonyl (C=O) groups excluding carboxylic acids is 3. The molecule has 0 N–H and O–H groups in total. The van der Waals surface area contributed by atoms with E-state index in [1.54, 1.807) is 0 Å². The van der Waals surface area contributed by atoms with E-state index in [0.29, 0.717) is 23.9 Å². The van der Waals surface area contributed by atoms with Crippen LogP contribution in [0.3, 0.4) is 0 Å². The number of carboxylic acids is 1. The summed E-state index contributed by atoms with van der Waals surface area (Å²) in [7, 11) is 5.94. The lowest BCUT2D eigenvalue weighted by molar-refractivity contribution is -0.870. The highest BCUT2D eigenvalue weighted by molar-refractivity contribution is 5.70. The highest BCUT2D eigenvalue weighted by Crippen LogP contribution is 2.19. The summed E-state index contributed by atoms with van der Waals surface area (Å²) in [6, 6.07) is 0. The first kappa shape index (κ1) is 87.5. The number of aliphatic carboxylic acids is 1. The average Bonchev–Trinajstić information content (AvgIpc) is 3.46. The molecule has 91 heavy (non-hydrogen) atoms. The van der Waals surface area contributed by atoms with E-state index in [4.69, 9.17) is 18.9 Å². The van der Waals surface area contributed by atoms with Crippen LogP contribution in [0.1, 0.15) is 361 Å². The van der Waals surface area contributed by atoms with Crippen molar-refractivity contribution < 1.29 is 42.9 Å². The molecule has 2 unspecified atom stereocenters. The maximum absolute atomic E-state index is 13.0. The van der Waals surface area contributed by atoms with Gasteiger partial charge in [-0.05, 0) is 89.9 Å². The van der Waals surface area contributed by atoms with Crippen molar-refractivity contribution in [2.45, 2.75) is 373 Å². The van der Waals surface area contributed by atoms with Gasteiger partial charge in [-0.3, -0.25) is 9.59 Å². The minimum absolute atomic E-state index is 0.147. The lowest BCUT2D eigenvalue weighted by Crippen LogP contribution is -2.44. The largest absolute Gasteiger partial charge is 0.545 e. The van der Waals surface area contributed by atoms with Crippen molar-refractivity contribution in [3.63, 3.8) is 0 Å². The standard InChI is InChI=1S/C82H147NO8/c1-6-8-10-12-14-16-18-20-22-24-26-28-30-32-34-35-36-37-38-39-40-41-42-43-44-45-47-48-50-52-54-56-58-60-62-64-66-68-70-72-79(84)89-76-78(77-90-82(81(86)87)88-75-74-83(3,4)5)91-80(85)73-71-69-67-65-63-61-59-57-55-53-51-49-46-33-31-29-27-25-23-21-19-17-15-13-11-9-7-2/h9,11,15,17-18,20-21,23-24,26-27,29-30,32,78,82H,6-8,10,12-14,16,19,22,25,28,31,33-77H2,1-5H3/b11-9-,17-15-,20-18-,23-21-,26-24-,29-27-,32-30-. The molecule has 9 nitrogen and oxygen atoms in total. The van der Waals surface area contributed by atoms with E-state index in [1.807, 2.05) is 21.1 Å². The first-order valence-electron chi connectivity index (χ1n) is 38.7. The second-order valence-corrected chi connectivity index (χ2v) is 27.3. The van der Waals surface area contributed by atoms with Crippen molar-refractivity contribution in [3.8, 4) is 0 Å². The normalized spacial score (nSPS) is 13.1. The fourth-order valence-corrected chi connectivity index (χ4v) is 11.2. The van der Waals surface area contributed by atoms with Crippen molar-refractivity contribution in [1.29, 1.82) is 0 Å². The number of likely N-dealkylation sites (N-methyl/N-ethyl adjacent to an activating group) is 1. The monoisotopic (exact) mass is 1270 g/mol. The Balaban J connectivity index is 3.98. The molecule has 0 aliphatic rings. The van der Waals surface area contributed by atoms with Crippen LogP contribution >= 0.6 is 0 Å². The fraction of sp³-hybridized carbons (Fsp3) is 0.793. The van der Waals surface area contributed by atoms with Gasteiger partial charge in [0.1, 0.15) is 13.2 Å². The summed E-state index contributed by atoms with van der Waals surface area (Å²) in [5.74, 6) is -2.26. The van der Waals surface area contributed by atoms with Crippen molar-refractivity contribution in [2.24, 2.45) is 0 Å². The van der Waals surface area contributed by atoms with E-state index in [1.165, 1.54) is 250 Å². The van der Waals surface area contributed by atoms with Crippen molar-refractivity contribution >= 4 is 17.9 Å². The lowest BCUT2D eigenvalue weighted by atomic mass is 10.0. The zero-order chi connectivity index (χ0) is 66.1. The number of rotatable bonds is 72. The van der Waals surface area contributed by atoms with E-state index >= 15 is 0 Å². The second kappa shape index (κ2) is 72.3. The van der Waals surface area contributed by atoms with Crippen LogP contribution < -0.4 is 5.11 Å². The van der Waals surface area contributed by atoms with Crippen molar-refractivity contribution in [3.05, 3.63) is 85.1 Å². The zero-order valence-electron chi connectivity index (χ0n) is 60.5. The molecular weight excluding hydrogens is 1130 g/mol. The minimum atomic E-state index is -1.62. The van der Waals surface area contributed by atoms with Crippen LogP contribution in [0.15, 0.2) is 85.1 Å². The molecule has 0 aliphatic carbocycles. The summed E-state index contributed by atoms with van der Waals surface area (Å²) in [5, 5.41) is 11.8. The van der Waals surface area contributed by atoms with Gasteiger partial charge in [0, 0.05) is 12.8 Å². The second-order valence-electron chi connectivity index (χ2n) is 27.3. The van der Waals surface area contributed by atoms with Gasteiger partial charge in [-0.1, -0.05) is 343 Å². The number of carboxylic acid groups (broad SMARTS) is 1. The Bertz CT molecular complexity index is 1770. The van der Waals surface area contributed by atoms with Crippen LogP contribution in [0, 0.1) is 0 Å². The van der Waals surface area contributed by atoms with Crippen LogP contribution in [0.2, 0.25) is 0 Å². The summed E-state index contributed by atoms with van der Waals surface area (Å²) in [6.45, 7) is 4.67. The number of carbonyl (C=O) groups is 3. The Kier molecular flexibility index (Phi) is 69.5. The van der Waals surface area contributed by atoms with Crippen LogP contribution in [-0.2, 0) is 33.3 Å². The molecule has 2 atom stereocenters. The predicted octanol–water partition coefficient (Wildman–Crippen LogP) is 23.3. The molecule has 0 amide bonds. The molecule has 0 rings (SSSR count). The number of allylic oxidation sites excluding steroid dienone is 14. The molecule has 0 aromatic carbocycles. The smallest absolute Gasteiger partial charge is 0.306 e. The van der Waals surface area contributed by atoms with Gasteiger partial charge in [0.15, 0.2) is 12.4 Å². The number of hydrogen-bond donors (Lipinski definition) is 0. The number of nitrogens with zero attached hydrogens (tertiary/aromatic N) is 1. The Morgan fingerprint density at radius 3 is 0.934 bits per heavy atom. The number of hydrogen-bond acceptors (Lipinski definition) is 8. The molecule has 0 fully saturated rings. The van der Waals surface area contributed by atoms with Gasteiger partial charge in [-0.2, -0.15) is 0 Å². The van der Waals surface area contributed by atoms with Crippen LogP contribution in [0.25, 0.3) is 0 Å². The maximum atomic E-state index is 13.0. The minimum Gasteiger partial charge on any atom is -0.545 e. The van der Waals surface area contributed by atoms with Crippen molar-refractivity contribution in [1.82, 2.24) is 0 Å². The van der Waals surface area contributed by atoms with Crippen LogP contribution in [0.4, 0.5) is 0 Å². The molecule has 0 radical (unpaired) electrons. The van der Waals surface area contributed by atoms with Gasteiger partial charge in [0.25, 0.3) is 0 Å². The average molecular weight is 1280 g/mol. The van der Waals surface area contributed by atoms with Gasteiger partial charge in [-0.25, -0.2) is 0 Å². The zero-order valence-corrected chi connectivity index (χ0v) is 60.5. The number of ether oxygens (including phenoxy) is 4. The third kappa shape index (κ3) is 73.7. The summed E-state index contributed by atoms with van der Waals surface area (Å²) < 4.78 is 22.9. The third-order valence-corrected chi connectivity index (χ3v) is 17.1. The van der Waals surface area contributed by atoms with Gasteiger partial charge in [0.05, 0.1) is 40.3 Å². The van der Waals surface area contributed by atoms with E-state index in [0.717, 1.165) is 77.0 Å². The first-order chi connectivity index (χ1) is 44.6. The van der Waals surface area contributed by atoms with E-state index in [-0.39, 0.29) is 32.2 Å².